The van der Waals surface area contributed by atoms with Crippen molar-refractivity contribution in [3.63, 3.8) is 0 Å². The second kappa shape index (κ2) is 3.81. The molecule has 0 saturated carbocycles. The van der Waals surface area contributed by atoms with Gasteiger partial charge in [-0.2, -0.15) is 0 Å². The Balaban J connectivity index is 2.11. The Morgan fingerprint density at radius 3 is 3.00 bits per heavy atom. The summed E-state index contributed by atoms with van der Waals surface area (Å²) in [5, 5.41) is 22.6. The van der Waals surface area contributed by atoms with E-state index in [2.05, 4.69) is 19.9 Å². The first-order valence-electron chi connectivity index (χ1n) is 4.10. The van der Waals surface area contributed by atoms with Crippen LogP contribution in [0.25, 0.3) is 0 Å². The summed E-state index contributed by atoms with van der Waals surface area (Å²) in [6, 6.07) is 0. The van der Waals surface area contributed by atoms with Gasteiger partial charge in [0.2, 0.25) is 0 Å². The highest BCUT2D eigenvalue weighted by Gasteiger charge is 2.07. The molecule has 7 heteroatoms. The predicted molar refractivity (Wildman–Crippen MR) is 49.7 cm³/mol. The minimum atomic E-state index is -0.586. The first kappa shape index (κ1) is 9.22. The molecular formula is C7H9N5OS. The molecule has 2 aromatic heterocycles. The van der Waals surface area contributed by atoms with E-state index in [0.29, 0.717) is 12.2 Å². The molecule has 0 fully saturated rings. The van der Waals surface area contributed by atoms with Crippen molar-refractivity contribution in [1.82, 2.24) is 24.6 Å². The Kier molecular flexibility index (Phi) is 2.51. The first-order valence-corrected chi connectivity index (χ1v) is 4.93. The van der Waals surface area contributed by atoms with Gasteiger partial charge >= 0.3 is 0 Å². The first-order chi connectivity index (χ1) is 6.75. The van der Waals surface area contributed by atoms with Gasteiger partial charge in [0.25, 0.3) is 0 Å². The summed E-state index contributed by atoms with van der Waals surface area (Å²) in [6.45, 7) is 2.19. The van der Waals surface area contributed by atoms with E-state index < -0.39 is 6.10 Å². The Hall–Kier alpha value is -1.34. The molecule has 0 saturated heterocycles. The fourth-order valence-electron chi connectivity index (χ4n) is 1.00. The molecule has 14 heavy (non-hydrogen) atoms. The van der Waals surface area contributed by atoms with Gasteiger partial charge in [0.15, 0.2) is 0 Å². The van der Waals surface area contributed by atoms with E-state index in [-0.39, 0.29) is 0 Å². The molecule has 2 aromatic rings. The second-order valence-corrected chi connectivity index (χ2v) is 3.52. The van der Waals surface area contributed by atoms with Crippen molar-refractivity contribution in [3.8, 4) is 0 Å². The van der Waals surface area contributed by atoms with Gasteiger partial charge in [-0.15, -0.1) is 10.2 Å². The van der Waals surface area contributed by atoms with Crippen LogP contribution in [-0.4, -0.2) is 29.7 Å². The number of hydrogen-bond donors (Lipinski definition) is 1. The van der Waals surface area contributed by atoms with Crippen LogP contribution in [0.15, 0.2) is 11.6 Å². The minimum absolute atomic E-state index is 0.538. The summed E-state index contributed by atoms with van der Waals surface area (Å²) in [5.74, 6) is 0. The lowest BCUT2D eigenvalue weighted by Gasteiger charge is -1.95. The van der Waals surface area contributed by atoms with Gasteiger partial charge in [-0.25, -0.2) is 4.68 Å². The van der Waals surface area contributed by atoms with Crippen molar-refractivity contribution >= 4 is 11.5 Å². The quantitative estimate of drug-likeness (QED) is 0.786. The number of rotatable bonds is 3. The van der Waals surface area contributed by atoms with Crippen molar-refractivity contribution in [2.24, 2.45) is 0 Å². The Morgan fingerprint density at radius 2 is 2.43 bits per heavy atom. The molecule has 2 rings (SSSR count). The fraction of sp³-hybridized carbons (Fsp3) is 0.429. The van der Waals surface area contributed by atoms with Crippen LogP contribution in [0.3, 0.4) is 0 Å². The number of nitrogens with zero attached hydrogens (tertiary/aromatic N) is 5. The van der Waals surface area contributed by atoms with E-state index in [9.17, 15) is 5.11 Å². The molecule has 2 heterocycles. The van der Waals surface area contributed by atoms with E-state index in [0.717, 1.165) is 5.69 Å². The summed E-state index contributed by atoms with van der Waals surface area (Å²) in [5.41, 5.74) is 1.41. The molecule has 6 nitrogen and oxygen atoms in total. The molecule has 0 bridgehead atoms. The third-order valence-electron chi connectivity index (χ3n) is 1.71. The van der Waals surface area contributed by atoms with Crippen LogP contribution in [0.4, 0.5) is 0 Å². The molecule has 0 amide bonds. The third kappa shape index (κ3) is 1.94. The zero-order valence-electron chi connectivity index (χ0n) is 7.53. The number of aliphatic hydroxyl groups is 1. The van der Waals surface area contributed by atoms with E-state index in [1.807, 2.05) is 5.38 Å². The zero-order valence-corrected chi connectivity index (χ0v) is 8.35. The van der Waals surface area contributed by atoms with Crippen LogP contribution in [0.1, 0.15) is 24.4 Å². The lowest BCUT2D eigenvalue weighted by molar-refractivity contribution is 0.194. The van der Waals surface area contributed by atoms with Crippen LogP contribution in [0.5, 0.6) is 0 Å². The average Bonchev–Trinajstić information content (AvgIpc) is 2.75. The van der Waals surface area contributed by atoms with Crippen molar-refractivity contribution in [2.45, 2.75) is 19.6 Å². The van der Waals surface area contributed by atoms with Crippen molar-refractivity contribution in [2.75, 3.05) is 0 Å². The van der Waals surface area contributed by atoms with Gasteiger partial charge in [-0.3, -0.25) is 0 Å². The summed E-state index contributed by atoms with van der Waals surface area (Å²) in [7, 11) is 0. The van der Waals surface area contributed by atoms with Gasteiger partial charge in [-0.05, 0) is 18.5 Å². The summed E-state index contributed by atoms with van der Waals surface area (Å²) >= 11 is 1.30. The standard InChI is InChI=1S/C7H9N5OS/c1-5(13)7-3-12(10-9-7)2-6-4-14-11-8-6/h3-5,13H,2H2,1H3/t5-/m0/s1. The van der Waals surface area contributed by atoms with Crippen molar-refractivity contribution < 1.29 is 5.11 Å². The normalized spacial score (nSPS) is 13.0. The highest BCUT2D eigenvalue weighted by atomic mass is 32.1. The topological polar surface area (TPSA) is 76.7 Å². The highest BCUT2D eigenvalue weighted by Crippen LogP contribution is 2.07. The zero-order chi connectivity index (χ0) is 9.97. The minimum Gasteiger partial charge on any atom is -0.387 e. The van der Waals surface area contributed by atoms with Crippen LogP contribution >= 0.6 is 11.5 Å². The number of hydrogen-bond acceptors (Lipinski definition) is 6. The summed E-state index contributed by atoms with van der Waals surface area (Å²) < 4.78 is 5.36. The lowest BCUT2D eigenvalue weighted by atomic mass is 10.3. The van der Waals surface area contributed by atoms with Crippen LogP contribution < -0.4 is 0 Å². The van der Waals surface area contributed by atoms with Gasteiger partial charge < -0.3 is 5.11 Å². The summed E-state index contributed by atoms with van der Waals surface area (Å²) in [4.78, 5) is 0. The molecule has 0 aromatic carbocycles. The van der Waals surface area contributed by atoms with Gasteiger partial charge in [-0.1, -0.05) is 9.70 Å². The van der Waals surface area contributed by atoms with Crippen molar-refractivity contribution in [1.29, 1.82) is 0 Å². The van der Waals surface area contributed by atoms with Gasteiger partial charge in [0.1, 0.15) is 5.69 Å². The second-order valence-electron chi connectivity index (χ2n) is 2.91. The molecule has 0 spiro atoms. The van der Waals surface area contributed by atoms with Crippen LogP contribution in [-0.2, 0) is 6.54 Å². The van der Waals surface area contributed by atoms with Crippen LogP contribution in [0.2, 0.25) is 0 Å². The molecule has 0 radical (unpaired) electrons. The average molecular weight is 211 g/mol. The Morgan fingerprint density at radius 1 is 1.57 bits per heavy atom. The molecule has 0 aliphatic carbocycles. The monoisotopic (exact) mass is 211 g/mol. The highest BCUT2D eigenvalue weighted by molar-refractivity contribution is 7.03. The van der Waals surface area contributed by atoms with Gasteiger partial charge in [0.05, 0.1) is 24.5 Å². The van der Waals surface area contributed by atoms with E-state index in [1.54, 1.807) is 17.8 Å². The largest absolute Gasteiger partial charge is 0.387 e. The Labute approximate surface area is 84.4 Å². The number of aliphatic hydroxyl groups excluding tert-OH is 1. The molecule has 1 atom stereocenters. The summed E-state index contributed by atoms with van der Waals surface area (Å²) in [6.07, 6.45) is 1.11. The fourth-order valence-corrected chi connectivity index (χ4v) is 1.44. The molecular weight excluding hydrogens is 202 g/mol. The SMILES string of the molecule is C[C@H](O)c1cn(Cc2csnn2)nn1. The molecule has 0 aliphatic rings. The third-order valence-corrected chi connectivity index (χ3v) is 2.27. The van der Waals surface area contributed by atoms with E-state index >= 15 is 0 Å². The van der Waals surface area contributed by atoms with Crippen LogP contribution in [0, 0.1) is 0 Å². The predicted octanol–water partition coefficient (Wildman–Crippen LogP) is 0.231. The maximum atomic E-state index is 9.22. The molecule has 0 unspecified atom stereocenters. The Bertz CT molecular complexity index is 396. The maximum absolute atomic E-state index is 9.22. The van der Waals surface area contributed by atoms with E-state index in [4.69, 9.17) is 0 Å². The molecule has 1 N–H and O–H groups in total. The maximum Gasteiger partial charge on any atom is 0.111 e. The number of aromatic nitrogens is 5. The molecule has 0 aliphatic heterocycles. The lowest BCUT2D eigenvalue weighted by Crippen LogP contribution is -2.00. The van der Waals surface area contributed by atoms with Gasteiger partial charge in [0, 0.05) is 5.38 Å². The smallest absolute Gasteiger partial charge is 0.111 e. The molecule has 74 valence electrons. The van der Waals surface area contributed by atoms with Crippen molar-refractivity contribution in [3.05, 3.63) is 23.0 Å². The van der Waals surface area contributed by atoms with E-state index in [1.165, 1.54) is 11.5 Å².